The van der Waals surface area contributed by atoms with E-state index in [1.165, 1.54) is 19.0 Å². The number of likely N-dealkylation sites (N-methyl/N-ethyl adjacent to an activating group) is 1. The molecule has 1 fully saturated rings. The maximum atomic E-state index is 14.1. The SMILES string of the molecule is CCCC#Cc1cc(N(C)C)c2c(c1O)C(O)=C1C(=O)[C@]3(O)C(O)=C(C(C)=O)C(=O)[C@@H](N(C)C)[C@]3(O)C[C@]1(O)C2. The molecule has 0 unspecified atom stereocenters. The number of aliphatic hydroxyl groups excluding tert-OH is 2. The molecule has 0 bridgehead atoms. The predicted octanol–water partition coefficient (Wildman–Crippen LogP) is 0.515. The maximum Gasteiger partial charge on any atom is 0.216 e. The molecule has 6 N–H and O–H groups in total. The highest BCUT2D eigenvalue weighted by Gasteiger charge is 2.75. The van der Waals surface area contributed by atoms with Crippen LogP contribution in [0.5, 0.6) is 5.75 Å². The summed E-state index contributed by atoms with van der Waals surface area (Å²) in [6.45, 7) is 2.90. The Bertz CT molecular complexity index is 1480. The Kier molecular flexibility index (Phi) is 6.92. The van der Waals surface area contributed by atoms with Crippen LogP contribution in [0.25, 0.3) is 5.76 Å². The van der Waals surface area contributed by atoms with Gasteiger partial charge in [0.05, 0.1) is 16.7 Å². The van der Waals surface area contributed by atoms with Gasteiger partial charge in [-0.05, 0) is 39.1 Å². The quantitative estimate of drug-likeness (QED) is 0.226. The van der Waals surface area contributed by atoms with Gasteiger partial charge in [-0.15, -0.1) is 0 Å². The van der Waals surface area contributed by atoms with Crippen molar-refractivity contribution in [2.24, 2.45) is 0 Å². The zero-order chi connectivity index (χ0) is 30.1. The highest BCUT2D eigenvalue weighted by atomic mass is 16.4. The fourth-order valence-corrected chi connectivity index (χ4v) is 6.32. The number of aliphatic hydroxyl groups is 5. The largest absolute Gasteiger partial charge is 0.508 e. The standard InChI is InChI=1S/C29H34N2O9/c1-7-8-9-10-15-11-17(30(3)4)16-12-27(38)13-28(39)24(31(5)6)23(35)18(14(2)32)25(36)29(28,40)26(37)20(27)22(34)19(16)21(15)33/h11,24,33-34,36,38-40H,7-8,12-13H2,1-6H3/t24-,27-,28-,29-/m1/s1. The summed E-state index contributed by atoms with van der Waals surface area (Å²) in [4.78, 5) is 42.6. The number of benzene rings is 1. The Hall–Kier alpha value is -3.69. The molecule has 1 aromatic carbocycles. The minimum atomic E-state index is -3.28. The van der Waals surface area contributed by atoms with Crippen molar-refractivity contribution in [2.75, 3.05) is 33.1 Å². The number of hydrogen-bond donors (Lipinski definition) is 6. The van der Waals surface area contributed by atoms with Crippen molar-refractivity contribution in [1.82, 2.24) is 4.90 Å². The number of rotatable bonds is 4. The van der Waals surface area contributed by atoms with Crippen LogP contribution < -0.4 is 4.90 Å². The summed E-state index contributed by atoms with van der Waals surface area (Å²) in [5.41, 5.74) is -9.41. The summed E-state index contributed by atoms with van der Waals surface area (Å²) in [6.07, 6.45) is 0.0262. The van der Waals surface area contributed by atoms with Crippen LogP contribution in [0.2, 0.25) is 0 Å². The third kappa shape index (κ3) is 3.71. The number of carbonyl (C=O) groups is 3. The molecular formula is C29H34N2O9. The zero-order valence-corrected chi connectivity index (χ0v) is 23.3. The Morgan fingerprint density at radius 1 is 1.10 bits per heavy atom. The van der Waals surface area contributed by atoms with Crippen LogP contribution >= 0.6 is 0 Å². The van der Waals surface area contributed by atoms with E-state index in [0.29, 0.717) is 12.1 Å². The molecule has 214 valence electrons. The molecule has 0 spiro atoms. The second kappa shape index (κ2) is 9.45. The van der Waals surface area contributed by atoms with Crippen LogP contribution in [0, 0.1) is 11.8 Å². The van der Waals surface area contributed by atoms with Gasteiger partial charge in [-0.3, -0.25) is 19.3 Å². The van der Waals surface area contributed by atoms with E-state index >= 15 is 0 Å². The van der Waals surface area contributed by atoms with Gasteiger partial charge in [0.2, 0.25) is 11.4 Å². The molecule has 1 aromatic rings. The Labute approximate surface area is 231 Å². The van der Waals surface area contributed by atoms with E-state index in [-0.39, 0.29) is 16.7 Å². The van der Waals surface area contributed by atoms with E-state index in [0.717, 1.165) is 13.3 Å². The van der Waals surface area contributed by atoms with Crippen LogP contribution in [0.3, 0.4) is 0 Å². The molecule has 4 atom stereocenters. The Morgan fingerprint density at radius 2 is 1.73 bits per heavy atom. The minimum absolute atomic E-state index is 0.157. The average Bonchev–Trinajstić information content (AvgIpc) is 2.82. The van der Waals surface area contributed by atoms with Crippen molar-refractivity contribution >= 4 is 28.8 Å². The van der Waals surface area contributed by atoms with Crippen molar-refractivity contribution in [3.63, 3.8) is 0 Å². The number of hydrogen-bond acceptors (Lipinski definition) is 11. The lowest BCUT2D eigenvalue weighted by Gasteiger charge is -2.57. The molecule has 11 nitrogen and oxygen atoms in total. The molecule has 3 aliphatic carbocycles. The number of anilines is 1. The number of ketones is 3. The Balaban J connectivity index is 2.09. The van der Waals surface area contributed by atoms with Crippen molar-refractivity contribution in [3.8, 4) is 17.6 Å². The number of carbonyl (C=O) groups excluding carboxylic acids is 3. The molecule has 1 saturated carbocycles. The van der Waals surface area contributed by atoms with Crippen molar-refractivity contribution in [3.05, 3.63) is 39.7 Å². The maximum absolute atomic E-state index is 14.1. The van der Waals surface area contributed by atoms with Crippen LogP contribution in [-0.4, -0.2) is 104 Å². The third-order valence-electron chi connectivity index (χ3n) is 8.01. The first-order valence-electron chi connectivity index (χ1n) is 12.9. The monoisotopic (exact) mass is 554 g/mol. The lowest BCUT2D eigenvalue weighted by Crippen LogP contribution is -2.79. The van der Waals surface area contributed by atoms with Crippen LogP contribution in [0.15, 0.2) is 23.0 Å². The molecule has 3 aliphatic rings. The lowest BCUT2D eigenvalue weighted by molar-refractivity contribution is -0.216. The third-order valence-corrected chi connectivity index (χ3v) is 8.01. The van der Waals surface area contributed by atoms with Gasteiger partial charge in [0.1, 0.15) is 40.1 Å². The summed E-state index contributed by atoms with van der Waals surface area (Å²) >= 11 is 0. The Morgan fingerprint density at radius 3 is 2.25 bits per heavy atom. The van der Waals surface area contributed by atoms with E-state index < -0.39 is 81.5 Å². The molecule has 0 radical (unpaired) electrons. The number of phenols is 1. The summed E-state index contributed by atoms with van der Waals surface area (Å²) in [5.74, 6) is -0.403. The smallest absolute Gasteiger partial charge is 0.216 e. The predicted molar refractivity (Wildman–Crippen MR) is 145 cm³/mol. The summed E-state index contributed by atoms with van der Waals surface area (Å²) in [5, 5.41) is 69.4. The molecule has 0 aliphatic heterocycles. The van der Waals surface area contributed by atoms with E-state index in [1.807, 2.05) is 6.92 Å². The second-order valence-electron chi connectivity index (χ2n) is 11.2. The first-order valence-corrected chi connectivity index (χ1v) is 12.9. The number of aromatic hydroxyl groups is 1. The van der Waals surface area contributed by atoms with Crippen molar-refractivity contribution < 1.29 is 45.0 Å². The van der Waals surface area contributed by atoms with Crippen LogP contribution in [0.1, 0.15) is 49.8 Å². The van der Waals surface area contributed by atoms with Gasteiger partial charge in [0.15, 0.2) is 11.6 Å². The number of fused-ring (bicyclic) bond motifs is 3. The topological polar surface area (TPSA) is 179 Å². The van der Waals surface area contributed by atoms with Gasteiger partial charge in [-0.1, -0.05) is 18.8 Å². The number of phenolic OH excluding ortho intramolecular Hbond substituents is 1. The van der Waals surface area contributed by atoms with E-state index in [1.54, 1.807) is 25.1 Å². The van der Waals surface area contributed by atoms with Crippen LogP contribution in [0.4, 0.5) is 5.69 Å². The van der Waals surface area contributed by atoms with Crippen LogP contribution in [-0.2, 0) is 20.8 Å². The van der Waals surface area contributed by atoms with Gasteiger partial charge in [0, 0.05) is 39.0 Å². The number of unbranched alkanes of at least 4 members (excludes halogenated alkanes) is 1. The second-order valence-corrected chi connectivity index (χ2v) is 11.2. The average molecular weight is 555 g/mol. The highest BCUT2D eigenvalue weighted by Crippen LogP contribution is 2.57. The van der Waals surface area contributed by atoms with Gasteiger partial charge in [0.25, 0.3) is 0 Å². The molecule has 40 heavy (non-hydrogen) atoms. The molecule has 0 heterocycles. The number of Topliss-reactive ketones (excluding diaryl/α,β-unsaturated/α-hetero) is 3. The minimum Gasteiger partial charge on any atom is -0.508 e. The highest BCUT2D eigenvalue weighted by molar-refractivity contribution is 6.26. The normalized spacial score (nSPS) is 29.5. The van der Waals surface area contributed by atoms with Gasteiger partial charge >= 0.3 is 0 Å². The molecule has 0 saturated heterocycles. The fraction of sp³-hybridized carbons (Fsp3) is 0.483. The summed E-state index contributed by atoms with van der Waals surface area (Å²) in [6, 6.07) is -0.141. The molecule has 4 rings (SSSR count). The van der Waals surface area contributed by atoms with Gasteiger partial charge in [-0.25, -0.2) is 0 Å². The van der Waals surface area contributed by atoms with E-state index in [2.05, 4.69) is 11.8 Å². The summed E-state index contributed by atoms with van der Waals surface area (Å²) in [7, 11) is 6.14. The molecule has 11 heteroatoms. The van der Waals surface area contributed by atoms with E-state index in [9.17, 15) is 45.0 Å². The first-order chi connectivity index (χ1) is 18.5. The molecular weight excluding hydrogens is 520 g/mol. The van der Waals surface area contributed by atoms with Crippen molar-refractivity contribution in [2.45, 2.75) is 62.4 Å². The van der Waals surface area contributed by atoms with E-state index in [4.69, 9.17) is 0 Å². The molecule has 0 aromatic heterocycles. The fourth-order valence-electron chi connectivity index (χ4n) is 6.32. The first kappa shape index (κ1) is 29.3. The van der Waals surface area contributed by atoms with Gasteiger partial charge < -0.3 is 35.5 Å². The zero-order valence-electron chi connectivity index (χ0n) is 23.3. The van der Waals surface area contributed by atoms with Gasteiger partial charge in [-0.2, -0.15) is 0 Å². The lowest BCUT2D eigenvalue weighted by atomic mass is 9.53. The number of nitrogens with zero attached hydrogens (tertiary/aromatic N) is 2. The summed E-state index contributed by atoms with van der Waals surface area (Å²) < 4.78 is 0. The molecule has 0 amide bonds. The van der Waals surface area contributed by atoms with Crippen molar-refractivity contribution in [1.29, 1.82) is 0 Å².